The first kappa shape index (κ1) is 21.8. The molecule has 3 heterocycles. The second kappa shape index (κ2) is 9.31. The van der Waals surface area contributed by atoms with E-state index in [2.05, 4.69) is 25.6 Å². The third-order valence-electron chi connectivity index (χ3n) is 4.42. The lowest BCUT2D eigenvalue weighted by Gasteiger charge is -2.20. The van der Waals surface area contributed by atoms with Gasteiger partial charge in [0, 0.05) is 36.8 Å². The van der Waals surface area contributed by atoms with Gasteiger partial charge in [0.25, 0.3) is 5.91 Å². The van der Waals surface area contributed by atoms with Crippen LogP contribution in [0.1, 0.15) is 19.5 Å². The Hall–Kier alpha value is -3.85. The highest BCUT2D eigenvalue weighted by Gasteiger charge is 2.28. The molecule has 9 heteroatoms. The van der Waals surface area contributed by atoms with Crippen molar-refractivity contribution in [3.8, 4) is 22.8 Å². The Morgan fingerprint density at radius 1 is 0.968 bits per heavy atom. The molecule has 0 atom stereocenters. The molecule has 9 nitrogen and oxygen atoms in total. The van der Waals surface area contributed by atoms with Crippen molar-refractivity contribution < 1.29 is 19.1 Å². The summed E-state index contributed by atoms with van der Waals surface area (Å²) in [6.07, 6.45) is 4.86. The summed E-state index contributed by atoms with van der Waals surface area (Å²) in [5.74, 6) is 0.763. The smallest absolute Gasteiger partial charge is 0.327 e. The predicted octanol–water partition coefficient (Wildman–Crippen LogP) is 3.71. The highest BCUT2D eigenvalue weighted by molar-refractivity contribution is 6.03. The minimum atomic E-state index is -1.12. The van der Waals surface area contributed by atoms with E-state index in [1.54, 1.807) is 44.4 Å². The number of hydrogen-bond acceptors (Lipinski definition) is 7. The highest BCUT2D eigenvalue weighted by atomic mass is 16.5. The maximum atomic E-state index is 12.0. The van der Waals surface area contributed by atoms with E-state index in [0.717, 1.165) is 17.0 Å². The number of aryl methyl sites for hydroxylation is 1. The standard InChI is InChI=1S/C22H23N5O4/c1-14-11-15(7-9-23-14)18-12-16(8-10-24-18)31-17-5-6-19(25-13-17)26-21(29)27-20(28)22(2,3)30-4/h5-13H,1-4H3,(H2,25,26,27,28,29). The van der Waals surface area contributed by atoms with Crippen LogP contribution >= 0.6 is 0 Å². The molecule has 0 aliphatic rings. The summed E-state index contributed by atoms with van der Waals surface area (Å²) in [6.45, 7) is 5.03. The van der Waals surface area contributed by atoms with Gasteiger partial charge in [-0.05, 0) is 51.1 Å². The average molecular weight is 421 g/mol. The van der Waals surface area contributed by atoms with E-state index in [1.165, 1.54) is 13.3 Å². The summed E-state index contributed by atoms with van der Waals surface area (Å²) in [7, 11) is 1.39. The number of pyridine rings is 3. The topological polar surface area (TPSA) is 115 Å². The van der Waals surface area contributed by atoms with E-state index >= 15 is 0 Å². The van der Waals surface area contributed by atoms with Gasteiger partial charge in [0.1, 0.15) is 22.9 Å². The zero-order valence-electron chi connectivity index (χ0n) is 17.7. The molecule has 0 saturated heterocycles. The number of carbonyl (C=O) groups excluding carboxylic acids is 2. The lowest BCUT2D eigenvalue weighted by Crippen LogP contribution is -2.47. The summed E-state index contributed by atoms with van der Waals surface area (Å²) >= 11 is 0. The van der Waals surface area contributed by atoms with Gasteiger partial charge in [-0.25, -0.2) is 9.78 Å². The Bertz CT molecular complexity index is 1080. The molecule has 3 rings (SSSR count). The number of nitrogens with zero attached hydrogens (tertiary/aromatic N) is 3. The van der Waals surface area contributed by atoms with E-state index in [4.69, 9.17) is 9.47 Å². The number of methoxy groups -OCH3 is 1. The van der Waals surface area contributed by atoms with Crippen LogP contribution in [0.25, 0.3) is 11.3 Å². The van der Waals surface area contributed by atoms with Gasteiger partial charge in [0.2, 0.25) is 0 Å². The van der Waals surface area contributed by atoms with E-state index in [-0.39, 0.29) is 5.82 Å². The molecule has 0 aromatic carbocycles. The summed E-state index contributed by atoms with van der Waals surface area (Å²) in [5.41, 5.74) is 1.47. The van der Waals surface area contributed by atoms with Crippen LogP contribution in [0.4, 0.5) is 10.6 Å². The Morgan fingerprint density at radius 2 is 1.74 bits per heavy atom. The zero-order chi connectivity index (χ0) is 22.4. The Balaban J connectivity index is 1.63. The lowest BCUT2D eigenvalue weighted by molar-refractivity contribution is -0.138. The third kappa shape index (κ3) is 5.83. The minimum absolute atomic E-state index is 0.260. The SMILES string of the molecule is COC(C)(C)C(=O)NC(=O)Nc1ccc(Oc2ccnc(-c3ccnc(C)c3)c2)cn1. The highest BCUT2D eigenvalue weighted by Crippen LogP contribution is 2.26. The maximum Gasteiger partial charge on any atom is 0.327 e. The number of ether oxygens (including phenoxy) is 2. The van der Waals surface area contributed by atoms with Crippen LogP contribution < -0.4 is 15.4 Å². The summed E-state index contributed by atoms with van der Waals surface area (Å²) < 4.78 is 10.9. The first-order valence-electron chi connectivity index (χ1n) is 9.47. The number of aromatic nitrogens is 3. The molecule has 0 bridgehead atoms. The van der Waals surface area contributed by atoms with E-state index in [9.17, 15) is 9.59 Å². The number of anilines is 1. The molecule has 0 saturated carbocycles. The van der Waals surface area contributed by atoms with Gasteiger partial charge >= 0.3 is 6.03 Å². The molecular formula is C22H23N5O4. The van der Waals surface area contributed by atoms with Crippen LogP contribution in [-0.4, -0.2) is 39.6 Å². The van der Waals surface area contributed by atoms with Crippen molar-refractivity contribution in [2.24, 2.45) is 0 Å². The number of hydrogen-bond donors (Lipinski definition) is 2. The van der Waals surface area contributed by atoms with Gasteiger partial charge in [-0.1, -0.05) is 0 Å². The maximum absolute atomic E-state index is 12.0. The minimum Gasteiger partial charge on any atom is -0.456 e. The fourth-order valence-corrected chi connectivity index (χ4v) is 2.48. The molecule has 160 valence electrons. The fraction of sp³-hybridized carbons (Fsp3) is 0.227. The normalized spacial score (nSPS) is 11.0. The monoisotopic (exact) mass is 421 g/mol. The number of urea groups is 1. The second-order valence-electron chi connectivity index (χ2n) is 7.17. The molecule has 3 aromatic heterocycles. The molecule has 3 amide bonds. The molecule has 31 heavy (non-hydrogen) atoms. The number of carbonyl (C=O) groups is 2. The lowest BCUT2D eigenvalue weighted by atomic mass is 10.1. The quantitative estimate of drug-likeness (QED) is 0.623. The van der Waals surface area contributed by atoms with Gasteiger partial charge in [-0.3, -0.25) is 25.4 Å². The van der Waals surface area contributed by atoms with Crippen molar-refractivity contribution in [2.45, 2.75) is 26.4 Å². The van der Waals surface area contributed by atoms with Crippen LogP contribution in [0, 0.1) is 6.92 Å². The first-order chi connectivity index (χ1) is 14.8. The summed E-state index contributed by atoms with van der Waals surface area (Å²) in [4.78, 5) is 36.6. The predicted molar refractivity (Wildman–Crippen MR) is 115 cm³/mol. The summed E-state index contributed by atoms with van der Waals surface area (Å²) in [5, 5.41) is 4.69. The van der Waals surface area contributed by atoms with E-state index in [1.807, 2.05) is 25.1 Å². The Kier molecular flexibility index (Phi) is 6.56. The summed E-state index contributed by atoms with van der Waals surface area (Å²) in [6, 6.07) is 9.89. The van der Waals surface area contributed by atoms with Crippen LogP contribution in [0.2, 0.25) is 0 Å². The number of amides is 3. The number of nitrogens with one attached hydrogen (secondary N) is 2. The van der Waals surface area contributed by atoms with Crippen molar-refractivity contribution >= 4 is 17.8 Å². The van der Waals surface area contributed by atoms with Crippen LogP contribution in [-0.2, 0) is 9.53 Å². The first-order valence-corrected chi connectivity index (χ1v) is 9.47. The molecular weight excluding hydrogens is 398 g/mol. The van der Waals surface area contributed by atoms with Crippen LogP contribution in [0.3, 0.4) is 0 Å². The molecule has 0 spiro atoms. The Morgan fingerprint density at radius 3 is 2.42 bits per heavy atom. The number of rotatable bonds is 6. The van der Waals surface area contributed by atoms with Gasteiger partial charge in [0.05, 0.1) is 11.9 Å². The molecule has 0 aliphatic heterocycles. The van der Waals surface area contributed by atoms with Crippen LogP contribution in [0.5, 0.6) is 11.5 Å². The van der Waals surface area contributed by atoms with Crippen molar-refractivity contribution in [2.75, 3.05) is 12.4 Å². The van der Waals surface area contributed by atoms with Crippen molar-refractivity contribution in [3.05, 3.63) is 60.7 Å². The van der Waals surface area contributed by atoms with E-state index < -0.39 is 17.5 Å². The van der Waals surface area contributed by atoms with Gasteiger partial charge < -0.3 is 9.47 Å². The van der Waals surface area contributed by atoms with Gasteiger partial charge in [-0.2, -0.15) is 0 Å². The zero-order valence-corrected chi connectivity index (χ0v) is 17.7. The van der Waals surface area contributed by atoms with Crippen molar-refractivity contribution in [1.82, 2.24) is 20.3 Å². The largest absolute Gasteiger partial charge is 0.456 e. The fourth-order valence-electron chi connectivity index (χ4n) is 2.48. The van der Waals surface area contributed by atoms with Crippen LogP contribution in [0.15, 0.2) is 55.0 Å². The van der Waals surface area contributed by atoms with Crippen molar-refractivity contribution in [3.63, 3.8) is 0 Å². The molecule has 0 radical (unpaired) electrons. The molecule has 0 aliphatic carbocycles. The van der Waals surface area contributed by atoms with Gasteiger partial charge in [0.15, 0.2) is 0 Å². The molecule has 0 fully saturated rings. The van der Waals surface area contributed by atoms with E-state index in [0.29, 0.717) is 11.5 Å². The Labute approximate surface area is 179 Å². The molecule has 0 unspecified atom stereocenters. The third-order valence-corrected chi connectivity index (χ3v) is 4.42. The van der Waals surface area contributed by atoms with Crippen molar-refractivity contribution in [1.29, 1.82) is 0 Å². The average Bonchev–Trinajstić information content (AvgIpc) is 2.75. The molecule has 3 aromatic rings. The number of imide groups is 1. The van der Waals surface area contributed by atoms with Gasteiger partial charge in [-0.15, -0.1) is 0 Å². The molecule has 2 N–H and O–H groups in total. The second-order valence-corrected chi connectivity index (χ2v) is 7.17.